The van der Waals surface area contributed by atoms with Gasteiger partial charge in [0, 0.05) is 29.5 Å². The molecule has 124 valence electrons. The number of thioether (sulfide) groups is 1. The summed E-state index contributed by atoms with van der Waals surface area (Å²) in [5, 5.41) is 5.10. The zero-order valence-electron chi connectivity index (χ0n) is 13.6. The first-order valence-electron chi connectivity index (χ1n) is 7.79. The van der Waals surface area contributed by atoms with Gasteiger partial charge in [-0.25, -0.2) is 9.97 Å². The van der Waals surface area contributed by atoms with Crippen LogP contribution in [0.3, 0.4) is 0 Å². The van der Waals surface area contributed by atoms with Gasteiger partial charge in [0.15, 0.2) is 0 Å². The van der Waals surface area contributed by atoms with E-state index in [-0.39, 0.29) is 11.9 Å². The molecule has 0 unspecified atom stereocenters. The second-order valence-electron chi connectivity index (χ2n) is 5.78. The molecule has 0 saturated carbocycles. The van der Waals surface area contributed by atoms with Gasteiger partial charge in [0.2, 0.25) is 5.91 Å². The lowest BCUT2D eigenvalue weighted by molar-refractivity contribution is -0.119. The lowest BCUT2D eigenvalue weighted by Crippen LogP contribution is -2.39. The van der Waals surface area contributed by atoms with Gasteiger partial charge in [0.05, 0.1) is 5.75 Å². The zero-order valence-corrected chi connectivity index (χ0v) is 15.3. The summed E-state index contributed by atoms with van der Waals surface area (Å²) in [4.78, 5) is 23.5. The van der Waals surface area contributed by atoms with Crippen molar-refractivity contribution in [2.45, 2.75) is 44.7 Å². The first-order chi connectivity index (χ1) is 11.0. The number of amides is 1. The Morgan fingerprint density at radius 3 is 2.78 bits per heavy atom. The van der Waals surface area contributed by atoms with E-state index in [1.165, 1.54) is 22.2 Å². The van der Waals surface area contributed by atoms with Gasteiger partial charge in [-0.2, -0.15) is 0 Å². The number of thiophene rings is 1. The number of nitrogens with one attached hydrogen (secondary N) is 1. The fourth-order valence-electron chi connectivity index (χ4n) is 2.66. The van der Waals surface area contributed by atoms with Crippen molar-refractivity contribution >= 4 is 39.2 Å². The van der Waals surface area contributed by atoms with Crippen molar-refractivity contribution < 1.29 is 9.53 Å². The molecule has 0 radical (unpaired) electrons. The standard InChI is InChI=1S/C16H21N3O2S2/c1-9-10(2)23-16-14(9)15(17-11(3)18-16)22-8-13(20)19-12-4-6-21-7-5-12/h12H,4-8H2,1-3H3,(H,19,20). The van der Waals surface area contributed by atoms with Crippen molar-refractivity contribution in [1.29, 1.82) is 0 Å². The maximum Gasteiger partial charge on any atom is 0.230 e. The largest absolute Gasteiger partial charge is 0.381 e. The smallest absolute Gasteiger partial charge is 0.230 e. The van der Waals surface area contributed by atoms with Gasteiger partial charge in [0.25, 0.3) is 0 Å². The number of aromatic nitrogens is 2. The molecular formula is C16H21N3O2S2. The molecule has 3 rings (SSSR count). The Hall–Kier alpha value is -1.18. The van der Waals surface area contributed by atoms with E-state index in [4.69, 9.17) is 4.74 Å². The molecule has 2 aromatic heterocycles. The van der Waals surface area contributed by atoms with Crippen molar-refractivity contribution in [1.82, 2.24) is 15.3 Å². The third-order valence-corrected chi connectivity index (χ3v) is 6.11. The minimum absolute atomic E-state index is 0.0657. The molecule has 1 saturated heterocycles. The van der Waals surface area contributed by atoms with Gasteiger partial charge < -0.3 is 10.1 Å². The summed E-state index contributed by atoms with van der Waals surface area (Å²) >= 11 is 3.19. The van der Waals surface area contributed by atoms with Gasteiger partial charge in [-0.1, -0.05) is 11.8 Å². The molecule has 0 aromatic carbocycles. The lowest BCUT2D eigenvalue weighted by atomic mass is 10.1. The van der Waals surface area contributed by atoms with Gasteiger partial charge in [-0.05, 0) is 39.2 Å². The number of hydrogen-bond acceptors (Lipinski definition) is 6. The highest BCUT2D eigenvalue weighted by atomic mass is 32.2. The average Bonchev–Trinajstić information content (AvgIpc) is 2.80. The van der Waals surface area contributed by atoms with Crippen LogP contribution in [-0.2, 0) is 9.53 Å². The number of rotatable bonds is 4. The molecule has 1 aliphatic rings. The number of fused-ring (bicyclic) bond motifs is 1. The molecule has 1 fully saturated rings. The highest BCUT2D eigenvalue weighted by molar-refractivity contribution is 8.00. The Morgan fingerprint density at radius 1 is 1.30 bits per heavy atom. The molecule has 0 spiro atoms. The molecular weight excluding hydrogens is 330 g/mol. The number of ether oxygens (including phenoxy) is 1. The summed E-state index contributed by atoms with van der Waals surface area (Å²) in [7, 11) is 0. The van der Waals surface area contributed by atoms with Crippen LogP contribution in [0.4, 0.5) is 0 Å². The van der Waals surface area contributed by atoms with Crippen molar-refractivity contribution in [3.63, 3.8) is 0 Å². The van der Waals surface area contributed by atoms with E-state index < -0.39 is 0 Å². The predicted octanol–water partition coefficient (Wildman–Crippen LogP) is 3.00. The number of carbonyl (C=O) groups is 1. The Balaban J connectivity index is 1.70. The average molecular weight is 351 g/mol. The highest BCUT2D eigenvalue weighted by Gasteiger charge is 2.18. The van der Waals surface area contributed by atoms with Crippen LogP contribution in [0.15, 0.2) is 5.03 Å². The fourth-order valence-corrected chi connectivity index (χ4v) is 4.75. The molecule has 0 atom stereocenters. The van der Waals surface area contributed by atoms with Crippen molar-refractivity contribution in [2.24, 2.45) is 0 Å². The van der Waals surface area contributed by atoms with Crippen LogP contribution in [-0.4, -0.2) is 40.9 Å². The van der Waals surface area contributed by atoms with E-state index in [1.54, 1.807) is 11.3 Å². The van der Waals surface area contributed by atoms with Crippen molar-refractivity contribution in [3.8, 4) is 0 Å². The number of carbonyl (C=O) groups excluding carboxylic acids is 1. The summed E-state index contributed by atoms with van der Waals surface area (Å²) < 4.78 is 5.32. The molecule has 0 bridgehead atoms. The topological polar surface area (TPSA) is 64.1 Å². The summed E-state index contributed by atoms with van der Waals surface area (Å²) in [6, 6.07) is 0.245. The molecule has 5 nitrogen and oxygen atoms in total. The third-order valence-electron chi connectivity index (χ3n) is 4.03. The first-order valence-corrected chi connectivity index (χ1v) is 9.59. The molecule has 1 N–H and O–H groups in total. The minimum atomic E-state index is 0.0657. The van der Waals surface area contributed by atoms with E-state index in [1.807, 2.05) is 6.92 Å². The number of aryl methyl sites for hydroxylation is 3. The van der Waals surface area contributed by atoms with Crippen molar-refractivity contribution in [2.75, 3.05) is 19.0 Å². The second-order valence-corrected chi connectivity index (χ2v) is 7.95. The zero-order chi connectivity index (χ0) is 16.4. The van der Waals surface area contributed by atoms with E-state index in [0.29, 0.717) is 5.75 Å². The summed E-state index contributed by atoms with van der Waals surface area (Å²) in [5.41, 5.74) is 1.22. The van der Waals surface area contributed by atoms with Crippen LogP contribution in [0.25, 0.3) is 10.2 Å². The van der Waals surface area contributed by atoms with Crippen LogP contribution in [0.5, 0.6) is 0 Å². The normalized spacial score (nSPS) is 16.0. The Labute approximate surface area is 144 Å². The van der Waals surface area contributed by atoms with E-state index in [2.05, 4.69) is 29.1 Å². The van der Waals surface area contributed by atoms with Crippen LogP contribution in [0.1, 0.15) is 29.1 Å². The van der Waals surface area contributed by atoms with Gasteiger partial charge in [-0.15, -0.1) is 11.3 Å². The molecule has 3 heterocycles. The van der Waals surface area contributed by atoms with Crippen LogP contribution in [0.2, 0.25) is 0 Å². The maximum atomic E-state index is 12.2. The molecule has 23 heavy (non-hydrogen) atoms. The quantitative estimate of drug-likeness (QED) is 0.678. The van der Waals surface area contributed by atoms with E-state index in [0.717, 1.165) is 47.1 Å². The van der Waals surface area contributed by atoms with Crippen LogP contribution in [0, 0.1) is 20.8 Å². The molecule has 1 aliphatic heterocycles. The Bertz CT molecular complexity index is 724. The lowest BCUT2D eigenvalue weighted by Gasteiger charge is -2.23. The second kappa shape index (κ2) is 7.15. The first kappa shape index (κ1) is 16.7. The fraction of sp³-hybridized carbons (Fsp3) is 0.562. The Kier molecular flexibility index (Phi) is 5.18. The van der Waals surface area contributed by atoms with Crippen LogP contribution >= 0.6 is 23.1 Å². The maximum absolute atomic E-state index is 12.2. The third kappa shape index (κ3) is 3.84. The predicted molar refractivity (Wildman–Crippen MR) is 94.3 cm³/mol. The SMILES string of the molecule is Cc1nc(SCC(=O)NC2CCOCC2)c2c(C)c(C)sc2n1. The summed E-state index contributed by atoms with van der Waals surface area (Å²) in [5.74, 6) is 1.21. The minimum Gasteiger partial charge on any atom is -0.381 e. The highest BCUT2D eigenvalue weighted by Crippen LogP contribution is 2.34. The van der Waals surface area contributed by atoms with Gasteiger partial charge in [0.1, 0.15) is 15.7 Å². The molecule has 2 aromatic rings. The molecule has 7 heteroatoms. The molecule has 1 amide bonds. The number of nitrogens with zero attached hydrogens (tertiary/aromatic N) is 2. The van der Waals surface area contributed by atoms with Crippen molar-refractivity contribution in [3.05, 3.63) is 16.3 Å². The number of hydrogen-bond donors (Lipinski definition) is 1. The van der Waals surface area contributed by atoms with Crippen LogP contribution < -0.4 is 5.32 Å². The Morgan fingerprint density at radius 2 is 2.04 bits per heavy atom. The summed E-state index contributed by atoms with van der Waals surface area (Å²) in [6.45, 7) is 7.56. The summed E-state index contributed by atoms with van der Waals surface area (Å²) in [6.07, 6.45) is 1.80. The van der Waals surface area contributed by atoms with Gasteiger partial charge >= 0.3 is 0 Å². The monoisotopic (exact) mass is 351 g/mol. The van der Waals surface area contributed by atoms with Gasteiger partial charge in [-0.3, -0.25) is 4.79 Å². The van der Waals surface area contributed by atoms with E-state index >= 15 is 0 Å². The molecule has 0 aliphatic carbocycles. The van der Waals surface area contributed by atoms with E-state index in [9.17, 15) is 4.79 Å².